The largest absolute Gasteiger partial charge is 0.467 e. The maximum Gasteiger partial charge on any atom is 0.261 e. The molecule has 0 saturated carbocycles. The van der Waals surface area contributed by atoms with Gasteiger partial charge in [0.05, 0.1) is 36.2 Å². The number of imidazole rings is 1. The van der Waals surface area contributed by atoms with Crippen molar-refractivity contribution in [1.29, 1.82) is 0 Å². The first kappa shape index (κ1) is 18.8. The van der Waals surface area contributed by atoms with Gasteiger partial charge in [0, 0.05) is 17.5 Å². The van der Waals surface area contributed by atoms with Crippen LogP contribution in [0.25, 0.3) is 5.65 Å². The molecule has 0 spiro atoms. The highest BCUT2D eigenvalue weighted by molar-refractivity contribution is 6.22. The van der Waals surface area contributed by atoms with Crippen LogP contribution in [0.2, 0.25) is 0 Å². The van der Waals surface area contributed by atoms with Crippen molar-refractivity contribution in [2.45, 2.75) is 20.0 Å². The first-order valence-corrected chi connectivity index (χ1v) is 9.75. The Hall–Kier alpha value is -4.20. The molecule has 0 unspecified atom stereocenters. The molecule has 4 heterocycles. The number of fused-ring (bicyclic) bond motifs is 2. The van der Waals surface area contributed by atoms with Gasteiger partial charge < -0.3 is 14.1 Å². The second-order valence-corrected chi connectivity index (χ2v) is 7.35. The fourth-order valence-electron chi connectivity index (χ4n) is 3.69. The Balaban J connectivity index is 1.32. The smallest absolute Gasteiger partial charge is 0.261 e. The summed E-state index contributed by atoms with van der Waals surface area (Å²) < 4.78 is 7.19. The molecule has 5 rings (SSSR count). The van der Waals surface area contributed by atoms with Gasteiger partial charge in [0.1, 0.15) is 11.4 Å². The van der Waals surface area contributed by atoms with E-state index in [1.807, 2.05) is 35.7 Å². The number of hydrogen-bond acceptors (Lipinski definition) is 5. The third kappa shape index (κ3) is 3.28. The van der Waals surface area contributed by atoms with Crippen molar-refractivity contribution in [2.24, 2.45) is 0 Å². The molecule has 0 radical (unpaired) electrons. The number of carbonyl (C=O) groups is 3. The van der Waals surface area contributed by atoms with Gasteiger partial charge in [0.2, 0.25) is 0 Å². The van der Waals surface area contributed by atoms with Gasteiger partial charge in [-0.05, 0) is 49.4 Å². The van der Waals surface area contributed by atoms with E-state index in [-0.39, 0.29) is 30.1 Å². The van der Waals surface area contributed by atoms with Gasteiger partial charge in [-0.1, -0.05) is 6.07 Å². The van der Waals surface area contributed by atoms with E-state index in [0.717, 1.165) is 21.9 Å². The fourth-order valence-corrected chi connectivity index (χ4v) is 3.69. The summed E-state index contributed by atoms with van der Waals surface area (Å²) in [6.45, 7) is 2.28. The SMILES string of the molecule is Cc1cccc2nc(CNC(=O)c3ccc4c(c3)C(=O)N(Cc3ccco3)C4=O)cn12. The van der Waals surface area contributed by atoms with Crippen LogP contribution in [-0.4, -0.2) is 32.0 Å². The summed E-state index contributed by atoms with van der Waals surface area (Å²) in [5.74, 6) is -0.679. The van der Waals surface area contributed by atoms with Gasteiger partial charge in [0.25, 0.3) is 17.7 Å². The van der Waals surface area contributed by atoms with Gasteiger partial charge in [-0.2, -0.15) is 0 Å². The number of hydrogen-bond donors (Lipinski definition) is 1. The summed E-state index contributed by atoms with van der Waals surface area (Å²) in [4.78, 5) is 43.6. The van der Waals surface area contributed by atoms with Gasteiger partial charge in [0.15, 0.2) is 0 Å². The highest BCUT2D eigenvalue weighted by Crippen LogP contribution is 2.26. The van der Waals surface area contributed by atoms with Crippen LogP contribution in [0.5, 0.6) is 0 Å². The number of amides is 3. The first-order valence-electron chi connectivity index (χ1n) is 9.75. The van der Waals surface area contributed by atoms with Crippen molar-refractivity contribution in [3.05, 3.63) is 94.8 Å². The Bertz CT molecular complexity index is 1340. The minimum Gasteiger partial charge on any atom is -0.467 e. The molecule has 3 aromatic heterocycles. The summed E-state index contributed by atoms with van der Waals surface area (Å²) in [5.41, 5.74) is 3.38. The van der Waals surface area contributed by atoms with E-state index in [1.165, 1.54) is 18.4 Å². The van der Waals surface area contributed by atoms with Gasteiger partial charge in [-0.15, -0.1) is 0 Å². The number of pyridine rings is 1. The van der Waals surface area contributed by atoms with Crippen molar-refractivity contribution in [2.75, 3.05) is 0 Å². The highest BCUT2D eigenvalue weighted by Gasteiger charge is 2.36. The lowest BCUT2D eigenvalue weighted by Crippen LogP contribution is -2.28. The van der Waals surface area contributed by atoms with Crippen LogP contribution in [0.1, 0.15) is 48.2 Å². The van der Waals surface area contributed by atoms with Gasteiger partial charge in [-0.25, -0.2) is 4.98 Å². The Morgan fingerprint density at radius 1 is 1.06 bits per heavy atom. The Labute approximate surface area is 177 Å². The van der Waals surface area contributed by atoms with Crippen LogP contribution in [0.3, 0.4) is 0 Å². The lowest BCUT2D eigenvalue weighted by atomic mass is 10.1. The van der Waals surface area contributed by atoms with E-state index in [0.29, 0.717) is 11.3 Å². The Morgan fingerprint density at radius 3 is 2.68 bits per heavy atom. The molecule has 0 bridgehead atoms. The molecule has 1 aliphatic heterocycles. The number of furan rings is 1. The van der Waals surface area contributed by atoms with Crippen molar-refractivity contribution >= 4 is 23.4 Å². The summed E-state index contributed by atoms with van der Waals surface area (Å²) in [6, 6.07) is 13.7. The summed E-state index contributed by atoms with van der Waals surface area (Å²) in [5, 5.41) is 2.82. The maximum atomic E-state index is 12.7. The van der Waals surface area contributed by atoms with Crippen LogP contribution in [0, 0.1) is 6.92 Å². The molecule has 4 aromatic rings. The zero-order chi connectivity index (χ0) is 21.5. The molecule has 0 aliphatic carbocycles. The average Bonchev–Trinajstić information content (AvgIpc) is 3.49. The highest BCUT2D eigenvalue weighted by atomic mass is 16.3. The Morgan fingerprint density at radius 2 is 1.90 bits per heavy atom. The normalized spacial score (nSPS) is 13.1. The molecule has 8 nitrogen and oxygen atoms in total. The Kier molecular flexibility index (Phi) is 4.39. The van der Waals surface area contributed by atoms with E-state index < -0.39 is 11.8 Å². The maximum absolute atomic E-state index is 12.7. The second kappa shape index (κ2) is 7.24. The van der Waals surface area contributed by atoms with E-state index in [4.69, 9.17) is 4.42 Å². The minimum atomic E-state index is -0.443. The van der Waals surface area contributed by atoms with Crippen LogP contribution in [0.4, 0.5) is 0 Å². The topological polar surface area (TPSA) is 96.9 Å². The van der Waals surface area contributed by atoms with E-state index in [1.54, 1.807) is 18.2 Å². The molecule has 1 N–H and O–H groups in total. The number of imide groups is 1. The van der Waals surface area contributed by atoms with Crippen LogP contribution in [-0.2, 0) is 13.1 Å². The standard InChI is InChI=1S/C23H18N4O4/c1-14-4-2-6-20-25-16(12-26(14)20)11-24-21(28)15-7-8-18-19(10-15)23(30)27(22(18)29)13-17-5-3-9-31-17/h2-10,12H,11,13H2,1H3,(H,24,28). The lowest BCUT2D eigenvalue weighted by Gasteiger charge is -2.11. The lowest BCUT2D eigenvalue weighted by molar-refractivity contribution is 0.0631. The van der Waals surface area contributed by atoms with Gasteiger partial charge in [-0.3, -0.25) is 19.3 Å². The van der Waals surface area contributed by atoms with Crippen molar-refractivity contribution < 1.29 is 18.8 Å². The molecule has 154 valence electrons. The molecule has 0 saturated heterocycles. The minimum absolute atomic E-state index is 0.0498. The van der Waals surface area contributed by atoms with Crippen LogP contribution >= 0.6 is 0 Å². The van der Waals surface area contributed by atoms with Crippen molar-refractivity contribution in [3.63, 3.8) is 0 Å². The molecule has 0 fully saturated rings. The molecular weight excluding hydrogens is 396 g/mol. The second-order valence-electron chi connectivity index (χ2n) is 7.35. The predicted molar refractivity (Wildman–Crippen MR) is 110 cm³/mol. The van der Waals surface area contributed by atoms with Crippen molar-refractivity contribution in [1.82, 2.24) is 19.6 Å². The van der Waals surface area contributed by atoms with Gasteiger partial charge >= 0.3 is 0 Å². The number of aryl methyl sites for hydroxylation is 1. The molecule has 3 amide bonds. The summed E-state index contributed by atoms with van der Waals surface area (Å²) in [7, 11) is 0. The van der Waals surface area contributed by atoms with E-state index in [9.17, 15) is 14.4 Å². The molecule has 31 heavy (non-hydrogen) atoms. The summed E-state index contributed by atoms with van der Waals surface area (Å²) in [6.07, 6.45) is 3.36. The molecular formula is C23H18N4O4. The summed E-state index contributed by atoms with van der Waals surface area (Å²) >= 11 is 0. The van der Waals surface area contributed by atoms with E-state index in [2.05, 4.69) is 10.3 Å². The quantitative estimate of drug-likeness (QED) is 0.507. The molecule has 0 atom stereocenters. The molecule has 1 aromatic carbocycles. The van der Waals surface area contributed by atoms with Crippen LogP contribution in [0.15, 0.2) is 65.4 Å². The zero-order valence-corrected chi connectivity index (χ0v) is 16.7. The third-order valence-corrected chi connectivity index (χ3v) is 5.30. The van der Waals surface area contributed by atoms with Crippen LogP contribution < -0.4 is 5.32 Å². The first-order chi connectivity index (χ1) is 15.0. The monoisotopic (exact) mass is 414 g/mol. The number of nitrogens with zero attached hydrogens (tertiary/aromatic N) is 3. The average molecular weight is 414 g/mol. The number of rotatable bonds is 5. The number of benzene rings is 1. The molecule has 8 heteroatoms. The number of nitrogens with one attached hydrogen (secondary N) is 1. The number of aromatic nitrogens is 2. The molecule has 1 aliphatic rings. The zero-order valence-electron chi connectivity index (χ0n) is 16.7. The van der Waals surface area contributed by atoms with Crippen molar-refractivity contribution in [3.8, 4) is 0 Å². The third-order valence-electron chi connectivity index (χ3n) is 5.30. The van der Waals surface area contributed by atoms with E-state index >= 15 is 0 Å². The fraction of sp³-hybridized carbons (Fsp3) is 0.130. The predicted octanol–water partition coefficient (Wildman–Crippen LogP) is 2.96. The number of carbonyl (C=O) groups excluding carboxylic acids is 3.